The lowest BCUT2D eigenvalue weighted by Gasteiger charge is -2.19. The average molecular weight is 272 g/mol. The predicted octanol–water partition coefficient (Wildman–Crippen LogP) is 4.45. The van der Waals surface area contributed by atoms with Gasteiger partial charge in [-0.05, 0) is 56.2 Å². The van der Waals surface area contributed by atoms with Crippen LogP contribution in [0.4, 0.5) is 4.39 Å². The van der Waals surface area contributed by atoms with Crippen LogP contribution >= 0.6 is 0 Å². The highest BCUT2D eigenvalue weighted by atomic mass is 19.1. The molecule has 2 aromatic carbocycles. The molecule has 0 aliphatic rings. The highest BCUT2D eigenvalue weighted by molar-refractivity contribution is 5.91. The molecule has 0 bridgehead atoms. The first kappa shape index (κ1) is 14.3. The maximum atomic E-state index is 12.9. The molecule has 0 unspecified atom stereocenters. The molecule has 0 radical (unpaired) electrons. The van der Waals surface area contributed by atoms with E-state index in [1.807, 2.05) is 26.8 Å². The molecule has 0 amide bonds. The molecule has 0 fully saturated rings. The van der Waals surface area contributed by atoms with Crippen LogP contribution < -0.4 is 0 Å². The van der Waals surface area contributed by atoms with Gasteiger partial charge in [0.15, 0.2) is 0 Å². The van der Waals surface area contributed by atoms with Gasteiger partial charge in [-0.15, -0.1) is 0 Å². The summed E-state index contributed by atoms with van der Waals surface area (Å²) in [7, 11) is 0. The fourth-order valence-electron chi connectivity index (χ4n) is 1.81. The van der Waals surface area contributed by atoms with E-state index < -0.39 is 5.60 Å². The average Bonchev–Trinajstić information content (AvgIpc) is 2.38. The van der Waals surface area contributed by atoms with Gasteiger partial charge in [-0.3, -0.25) is 0 Å². The Hall–Kier alpha value is -2.16. The van der Waals surface area contributed by atoms with Crippen molar-refractivity contribution in [2.24, 2.45) is 0 Å². The van der Waals surface area contributed by atoms with Crippen LogP contribution in [0, 0.1) is 5.82 Å². The van der Waals surface area contributed by atoms with Crippen molar-refractivity contribution in [3.05, 3.63) is 59.9 Å². The van der Waals surface area contributed by atoms with Crippen LogP contribution in [0.3, 0.4) is 0 Å². The minimum atomic E-state index is -0.525. The Morgan fingerprint density at radius 2 is 1.65 bits per heavy atom. The van der Waals surface area contributed by atoms with Crippen LogP contribution in [0.5, 0.6) is 0 Å². The van der Waals surface area contributed by atoms with Crippen molar-refractivity contribution in [2.75, 3.05) is 0 Å². The van der Waals surface area contributed by atoms with Crippen molar-refractivity contribution >= 4 is 5.97 Å². The zero-order valence-electron chi connectivity index (χ0n) is 11.8. The van der Waals surface area contributed by atoms with Gasteiger partial charge in [-0.2, -0.15) is 0 Å². The Bertz CT molecular complexity index is 610. The van der Waals surface area contributed by atoms with Crippen LogP contribution in [-0.2, 0) is 4.74 Å². The quantitative estimate of drug-likeness (QED) is 0.755. The molecule has 0 aliphatic heterocycles. The topological polar surface area (TPSA) is 26.3 Å². The summed E-state index contributed by atoms with van der Waals surface area (Å²) in [5.74, 6) is -0.640. The Labute approximate surface area is 118 Å². The second-order valence-corrected chi connectivity index (χ2v) is 5.59. The minimum absolute atomic E-state index is 0.281. The molecule has 0 aromatic heterocycles. The van der Waals surface area contributed by atoms with E-state index in [1.165, 1.54) is 12.1 Å². The second kappa shape index (κ2) is 5.45. The Balaban J connectivity index is 2.28. The van der Waals surface area contributed by atoms with E-state index in [2.05, 4.69) is 0 Å². The molecular formula is C17H17FO2. The van der Waals surface area contributed by atoms with Gasteiger partial charge < -0.3 is 4.74 Å². The molecule has 0 aliphatic carbocycles. The number of carbonyl (C=O) groups is 1. The van der Waals surface area contributed by atoms with E-state index in [4.69, 9.17) is 4.74 Å². The summed E-state index contributed by atoms with van der Waals surface area (Å²) in [5.41, 5.74) is 1.68. The van der Waals surface area contributed by atoms with Crippen molar-refractivity contribution in [1.29, 1.82) is 0 Å². The summed E-state index contributed by atoms with van der Waals surface area (Å²) < 4.78 is 18.3. The molecule has 3 heteroatoms. The van der Waals surface area contributed by atoms with Crippen molar-refractivity contribution in [1.82, 2.24) is 0 Å². The molecule has 0 saturated carbocycles. The molecular weight excluding hydrogens is 255 g/mol. The maximum absolute atomic E-state index is 12.9. The van der Waals surface area contributed by atoms with Gasteiger partial charge in [0.05, 0.1) is 5.56 Å². The van der Waals surface area contributed by atoms with Gasteiger partial charge in [0.2, 0.25) is 0 Å². The maximum Gasteiger partial charge on any atom is 0.338 e. The number of esters is 1. The fourth-order valence-corrected chi connectivity index (χ4v) is 1.81. The van der Waals surface area contributed by atoms with Crippen LogP contribution in [0.2, 0.25) is 0 Å². The van der Waals surface area contributed by atoms with Gasteiger partial charge in [0.1, 0.15) is 11.4 Å². The number of hydrogen-bond acceptors (Lipinski definition) is 2. The van der Waals surface area contributed by atoms with Crippen molar-refractivity contribution in [3.8, 4) is 11.1 Å². The van der Waals surface area contributed by atoms with E-state index in [9.17, 15) is 9.18 Å². The first-order valence-corrected chi connectivity index (χ1v) is 6.44. The zero-order chi connectivity index (χ0) is 14.8. The standard InChI is InChI=1S/C17H17FO2/c1-17(2,3)20-16(19)14-6-4-5-13(11-14)12-7-9-15(18)10-8-12/h4-11H,1-3H3. The van der Waals surface area contributed by atoms with Gasteiger partial charge in [0, 0.05) is 0 Å². The molecule has 0 N–H and O–H groups in total. The Morgan fingerprint density at radius 3 is 2.25 bits per heavy atom. The summed E-state index contributed by atoms with van der Waals surface area (Å²) in [5, 5.41) is 0. The lowest BCUT2D eigenvalue weighted by molar-refractivity contribution is 0.00696. The third kappa shape index (κ3) is 3.67. The highest BCUT2D eigenvalue weighted by Gasteiger charge is 2.18. The fraction of sp³-hybridized carbons (Fsp3) is 0.235. The summed E-state index contributed by atoms with van der Waals surface area (Å²) >= 11 is 0. The van der Waals surface area contributed by atoms with Crippen LogP contribution in [-0.4, -0.2) is 11.6 Å². The molecule has 2 rings (SSSR count). The first-order valence-electron chi connectivity index (χ1n) is 6.44. The van der Waals surface area contributed by atoms with Crippen LogP contribution in [0.1, 0.15) is 31.1 Å². The zero-order valence-corrected chi connectivity index (χ0v) is 11.8. The van der Waals surface area contributed by atoms with E-state index in [1.54, 1.807) is 30.3 Å². The summed E-state index contributed by atoms with van der Waals surface area (Å²) in [6, 6.07) is 13.3. The second-order valence-electron chi connectivity index (χ2n) is 5.59. The van der Waals surface area contributed by atoms with Crippen LogP contribution in [0.15, 0.2) is 48.5 Å². The molecule has 0 spiro atoms. The number of benzene rings is 2. The Morgan fingerprint density at radius 1 is 1.00 bits per heavy atom. The lowest BCUT2D eigenvalue weighted by atomic mass is 10.0. The molecule has 104 valence electrons. The van der Waals surface area contributed by atoms with E-state index in [-0.39, 0.29) is 11.8 Å². The van der Waals surface area contributed by atoms with E-state index in [0.717, 1.165) is 11.1 Å². The van der Waals surface area contributed by atoms with Crippen LogP contribution in [0.25, 0.3) is 11.1 Å². The number of ether oxygens (including phenoxy) is 1. The monoisotopic (exact) mass is 272 g/mol. The van der Waals surface area contributed by atoms with E-state index >= 15 is 0 Å². The normalized spacial score (nSPS) is 11.2. The third-order valence-corrected chi connectivity index (χ3v) is 2.67. The molecule has 0 atom stereocenters. The van der Waals surface area contributed by atoms with Crippen molar-refractivity contribution in [3.63, 3.8) is 0 Å². The molecule has 2 aromatic rings. The van der Waals surface area contributed by atoms with Crippen molar-refractivity contribution < 1.29 is 13.9 Å². The predicted molar refractivity (Wildman–Crippen MR) is 77.0 cm³/mol. The number of rotatable bonds is 2. The Kier molecular flexibility index (Phi) is 3.89. The largest absolute Gasteiger partial charge is 0.456 e. The smallest absolute Gasteiger partial charge is 0.338 e. The number of hydrogen-bond donors (Lipinski definition) is 0. The van der Waals surface area contributed by atoms with Gasteiger partial charge in [-0.1, -0.05) is 24.3 Å². The van der Waals surface area contributed by atoms with Gasteiger partial charge in [0.25, 0.3) is 0 Å². The molecule has 0 saturated heterocycles. The lowest BCUT2D eigenvalue weighted by Crippen LogP contribution is -2.23. The molecule has 20 heavy (non-hydrogen) atoms. The first-order chi connectivity index (χ1) is 9.35. The van der Waals surface area contributed by atoms with Crippen molar-refractivity contribution in [2.45, 2.75) is 26.4 Å². The summed E-state index contributed by atoms with van der Waals surface area (Å²) in [6.07, 6.45) is 0. The molecule has 0 heterocycles. The van der Waals surface area contributed by atoms with Gasteiger partial charge >= 0.3 is 5.97 Å². The molecule has 2 nitrogen and oxygen atoms in total. The van der Waals surface area contributed by atoms with Gasteiger partial charge in [-0.25, -0.2) is 9.18 Å². The summed E-state index contributed by atoms with van der Waals surface area (Å²) in [4.78, 5) is 12.0. The SMILES string of the molecule is CC(C)(C)OC(=O)c1cccc(-c2ccc(F)cc2)c1. The highest BCUT2D eigenvalue weighted by Crippen LogP contribution is 2.22. The number of carbonyl (C=O) groups excluding carboxylic acids is 1. The third-order valence-electron chi connectivity index (χ3n) is 2.67. The number of halogens is 1. The summed E-state index contributed by atoms with van der Waals surface area (Å²) in [6.45, 7) is 5.48. The minimum Gasteiger partial charge on any atom is -0.456 e. The van der Waals surface area contributed by atoms with E-state index in [0.29, 0.717) is 5.56 Å².